The maximum atomic E-state index is 14.2. The van der Waals surface area contributed by atoms with Crippen molar-refractivity contribution in [2.24, 2.45) is 0 Å². The van der Waals surface area contributed by atoms with Crippen molar-refractivity contribution in [1.29, 1.82) is 0 Å². The van der Waals surface area contributed by atoms with Gasteiger partial charge in [0.05, 0.1) is 25.1 Å². The molecule has 6 nitrogen and oxygen atoms in total. The standard InChI is InChI=1S/C16H15FN4O2/c17-12-8-11(14-2-1-6-23-14)3-4-13(12)18-9-15-19-20-16-10-22-7-5-21(15)16/h1-4,6,8,18H,5,7,9-10H2. The van der Waals surface area contributed by atoms with Crippen LogP contribution in [0.4, 0.5) is 10.1 Å². The van der Waals surface area contributed by atoms with Gasteiger partial charge in [0.2, 0.25) is 0 Å². The fraction of sp³-hybridized carbons (Fsp3) is 0.250. The molecule has 1 aliphatic heterocycles. The van der Waals surface area contributed by atoms with E-state index in [9.17, 15) is 4.39 Å². The highest BCUT2D eigenvalue weighted by Gasteiger charge is 2.16. The van der Waals surface area contributed by atoms with Crippen LogP contribution in [0.15, 0.2) is 41.0 Å². The van der Waals surface area contributed by atoms with Crippen LogP contribution in [-0.4, -0.2) is 21.4 Å². The molecule has 2 aromatic heterocycles. The summed E-state index contributed by atoms with van der Waals surface area (Å²) in [7, 11) is 0. The first-order valence-corrected chi connectivity index (χ1v) is 7.37. The molecule has 0 saturated carbocycles. The van der Waals surface area contributed by atoms with Crippen molar-refractivity contribution in [3.8, 4) is 11.3 Å². The SMILES string of the molecule is Fc1cc(-c2ccco2)ccc1NCc1nnc2n1CCOC2. The number of ether oxygens (including phenoxy) is 1. The molecule has 3 aromatic rings. The predicted molar refractivity (Wildman–Crippen MR) is 81.1 cm³/mol. The number of hydrogen-bond donors (Lipinski definition) is 1. The van der Waals surface area contributed by atoms with Crippen LogP contribution in [0.1, 0.15) is 11.6 Å². The number of furan rings is 1. The molecule has 23 heavy (non-hydrogen) atoms. The smallest absolute Gasteiger partial charge is 0.159 e. The lowest BCUT2D eigenvalue weighted by molar-refractivity contribution is 0.0807. The molecule has 0 aliphatic carbocycles. The van der Waals surface area contributed by atoms with Crippen LogP contribution >= 0.6 is 0 Å². The Bertz CT molecular complexity index is 814. The number of anilines is 1. The second-order valence-electron chi connectivity index (χ2n) is 5.26. The third-order valence-corrected chi connectivity index (χ3v) is 3.81. The van der Waals surface area contributed by atoms with E-state index in [1.54, 1.807) is 24.5 Å². The van der Waals surface area contributed by atoms with E-state index in [2.05, 4.69) is 15.5 Å². The Hall–Kier alpha value is -2.67. The van der Waals surface area contributed by atoms with Gasteiger partial charge in [-0.3, -0.25) is 0 Å². The van der Waals surface area contributed by atoms with Crippen LogP contribution in [0, 0.1) is 5.82 Å². The summed E-state index contributed by atoms with van der Waals surface area (Å²) >= 11 is 0. The molecule has 0 fully saturated rings. The summed E-state index contributed by atoms with van der Waals surface area (Å²) in [6.07, 6.45) is 1.57. The summed E-state index contributed by atoms with van der Waals surface area (Å²) in [5.74, 6) is 1.89. The van der Waals surface area contributed by atoms with Gasteiger partial charge in [-0.25, -0.2) is 4.39 Å². The molecule has 118 valence electrons. The zero-order chi connectivity index (χ0) is 15.6. The second-order valence-corrected chi connectivity index (χ2v) is 5.26. The first-order chi connectivity index (χ1) is 11.3. The van der Waals surface area contributed by atoms with Crippen molar-refractivity contribution in [2.45, 2.75) is 19.7 Å². The molecule has 0 amide bonds. The number of aromatic nitrogens is 3. The molecular weight excluding hydrogens is 299 g/mol. The second kappa shape index (κ2) is 5.85. The van der Waals surface area contributed by atoms with Gasteiger partial charge in [0.15, 0.2) is 11.6 Å². The van der Waals surface area contributed by atoms with Gasteiger partial charge in [-0.05, 0) is 30.3 Å². The van der Waals surface area contributed by atoms with Crippen LogP contribution in [0.2, 0.25) is 0 Å². The van der Waals surface area contributed by atoms with Gasteiger partial charge in [-0.1, -0.05) is 0 Å². The van der Waals surface area contributed by atoms with Gasteiger partial charge in [0, 0.05) is 12.1 Å². The molecule has 3 heterocycles. The summed E-state index contributed by atoms with van der Waals surface area (Å²) in [5.41, 5.74) is 1.12. The van der Waals surface area contributed by atoms with Gasteiger partial charge in [-0.15, -0.1) is 10.2 Å². The quantitative estimate of drug-likeness (QED) is 0.802. The number of rotatable bonds is 4. The minimum atomic E-state index is -0.333. The Morgan fingerprint density at radius 2 is 2.22 bits per heavy atom. The van der Waals surface area contributed by atoms with Gasteiger partial charge >= 0.3 is 0 Å². The lowest BCUT2D eigenvalue weighted by Gasteiger charge is -2.16. The lowest BCUT2D eigenvalue weighted by atomic mass is 10.1. The monoisotopic (exact) mass is 314 g/mol. The number of fused-ring (bicyclic) bond motifs is 1. The Kier molecular flexibility index (Phi) is 3.55. The van der Waals surface area contributed by atoms with E-state index in [0.29, 0.717) is 36.8 Å². The van der Waals surface area contributed by atoms with Crippen LogP contribution in [-0.2, 0) is 24.4 Å². The lowest BCUT2D eigenvalue weighted by Crippen LogP contribution is -2.19. The van der Waals surface area contributed by atoms with E-state index in [0.717, 1.165) is 18.2 Å². The highest BCUT2D eigenvalue weighted by molar-refractivity contribution is 5.61. The van der Waals surface area contributed by atoms with Crippen molar-refractivity contribution < 1.29 is 13.5 Å². The van der Waals surface area contributed by atoms with Gasteiger partial charge in [-0.2, -0.15) is 0 Å². The molecule has 1 aromatic carbocycles. The molecule has 4 rings (SSSR count). The van der Waals surface area contributed by atoms with Crippen molar-refractivity contribution in [1.82, 2.24) is 14.8 Å². The van der Waals surface area contributed by atoms with E-state index >= 15 is 0 Å². The predicted octanol–water partition coefficient (Wildman–Crippen LogP) is 2.82. The molecule has 7 heteroatoms. The summed E-state index contributed by atoms with van der Waals surface area (Å²) in [4.78, 5) is 0. The summed E-state index contributed by atoms with van der Waals surface area (Å²) in [5, 5.41) is 11.3. The third-order valence-electron chi connectivity index (χ3n) is 3.81. The first-order valence-electron chi connectivity index (χ1n) is 7.37. The summed E-state index contributed by atoms with van der Waals surface area (Å²) in [6, 6.07) is 8.54. The van der Waals surface area contributed by atoms with Crippen LogP contribution < -0.4 is 5.32 Å². The fourth-order valence-electron chi connectivity index (χ4n) is 2.62. The third kappa shape index (κ3) is 2.70. The van der Waals surface area contributed by atoms with Gasteiger partial charge in [0.25, 0.3) is 0 Å². The largest absolute Gasteiger partial charge is 0.464 e. The summed E-state index contributed by atoms with van der Waals surface area (Å²) in [6.45, 7) is 2.24. The maximum absolute atomic E-state index is 14.2. The molecule has 0 atom stereocenters. The molecule has 1 N–H and O–H groups in total. The van der Waals surface area contributed by atoms with Gasteiger partial charge in [0.1, 0.15) is 18.2 Å². The first kappa shape index (κ1) is 14.0. The Morgan fingerprint density at radius 1 is 1.26 bits per heavy atom. The Morgan fingerprint density at radius 3 is 3.04 bits per heavy atom. The van der Waals surface area contributed by atoms with Crippen molar-refractivity contribution >= 4 is 5.69 Å². The van der Waals surface area contributed by atoms with Crippen LogP contribution in [0.25, 0.3) is 11.3 Å². The minimum Gasteiger partial charge on any atom is -0.464 e. The van der Waals surface area contributed by atoms with Gasteiger partial charge < -0.3 is 19.0 Å². The zero-order valence-electron chi connectivity index (χ0n) is 12.3. The molecule has 0 radical (unpaired) electrons. The van der Waals surface area contributed by atoms with Crippen molar-refractivity contribution in [3.05, 3.63) is 54.1 Å². The Labute approximate surface area is 131 Å². The zero-order valence-corrected chi connectivity index (χ0v) is 12.3. The number of nitrogens with one attached hydrogen (secondary N) is 1. The van der Waals surface area contributed by atoms with E-state index in [-0.39, 0.29) is 5.82 Å². The highest BCUT2D eigenvalue weighted by Crippen LogP contribution is 2.25. The normalized spacial score (nSPS) is 13.8. The minimum absolute atomic E-state index is 0.333. The maximum Gasteiger partial charge on any atom is 0.159 e. The van der Waals surface area contributed by atoms with Crippen molar-refractivity contribution in [3.63, 3.8) is 0 Å². The molecule has 0 spiro atoms. The molecular formula is C16H15FN4O2. The molecule has 0 unspecified atom stereocenters. The molecule has 0 bridgehead atoms. The number of halogens is 1. The highest BCUT2D eigenvalue weighted by atomic mass is 19.1. The fourth-order valence-corrected chi connectivity index (χ4v) is 2.62. The van der Waals surface area contributed by atoms with E-state index in [4.69, 9.17) is 9.15 Å². The van der Waals surface area contributed by atoms with Crippen LogP contribution in [0.3, 0.4) is 0 Å². The van der Waals surface area contributed by atoms with E-state index < -0.39 is 0 Å². The number of hydrogen-bond acceptors (Lipinski definition) is 5. The average molecular weight is 314 g/mol. The van der Waals surface area contributed by atoms with Crippen LogP contribution in [0.5, 0.6) is 0 Å². The molecule has 0 saturated heterocycles. The van der Waals surface area contributed by atoms with Crippen molar-refractivity contribution in [2.75, 3.05) is 11.9 Å². The molecule has 1 aliphatic rings. The Balaban J connectivity index is 1.50. The topological polar surface area (TPSA) is 65.1 Å². The van der Waals surface area contributed by atoms with E-state index in [1.807, 2.05) is 10.6 Å². The summed E-state index contributed by atoms with van der Waals surface area (Å²) < 4.78 is 26.9. The number of nitrogens with zero attached hydrogens (tertiary/aromatic N) is 3. The number of benzene rings is 1. The average Bonchev–Trinajstić information content (AvgIpc) is 3.24. The van der Waals surface area contributed by atoms with E-state index in [1.165, 1.54) is 6.07 Å².